The molecule has 0 unspecified atom stereocenters. The van der Waals surface area contributed by atoms with Gasteiger partial charge in [0.05, 0.1) is 44.9 Å². The number of aliphatic carboxylic acids is 1. The molecule has 1 aliphatic heterocycles. The number of carboxylic acids is 1. The summed E-state index contributed by atoms with van der Waals surface area (Å²) >= 11 is 1.29. The lowest BCUT2D eigenvalue weighted by molar-refractivity contribution is -0.144. The van der Waals surface area contributed by atoms with Gasteiger partial charge in [-0.1, -0.05) is 13.8 Å². The van der Waals surface area contributed by atoms with E-state index in [2.05, 4.69) is 21.9 Å². The van der Waals surface area contributed by atoms with Crippen molar-refractivity contribution in [1.82, 2.24) is 30.0 Å². The molecule has 4 aromatic heterocycles. The van der Waals surface area contributed by atoms with Crippen LogP contribution >= 0.6 is 11.3 Å². The van der Waals surface area contributed by atoms with Crippen LogP contribution in [0.5, 0.6) is 0 Å². The number of methoxy groups -OCH3 is 1. The van der Waals surface area contributed by atoms with Gasteiger partial charge in [0.1, 0.15) is 17.4 Å². The maximum atomic E-state index is 13.7. The van der Waals surface area contributed by atoms with Crippen molar-refractivity contribution in [1.29, 1.82) is 0 Å². The number of aliphatic imine (C=N–C) groups is 1. The molecule has 3 N–H and O–H groups in total. The first-order valence-corrected chi connectivity index (χ1v) is 18.6. The summed E-state index contributed by atoms with van der Waals surface area (Å²) in [6.07, 6.45) is 1.85. The predicted molar refractivity (Wildman–Crippen MR) is 203 cm³/mol. The molecule has 1 aliphatic rings. The van der Waals surface area contributed by atoms with Gasteiger partial charge >= 0.3 is 12.1 Å². The number of carbonyl (C=O) groups excluding carboxylic acids is 2. The number of aromatic nitrogens is 4. The van der Waals surface area contributed by atoms with E-state index < -0.39 is 35.0 Å². The number of nitrogens with one attached hydrogen (secondary N) is 1. The molecule has 1 fully saturated rings. The zero-order chi connectivity index (χ0) is 38.7. The van der Waals surface area contributed by atoms with Crippen LogP contribution in [0, 0.1) is 5.41 Å². The Morgan fingerprint density at radius 3 is 2.55 bits per heavy atom. The molecule has 0 aromatic carbocycles. The summed E-state index contributed by atoms with van der Waals surface area (Å²) in [5, 5.41) is 23.4. The number of amides is 2. The molecule has 0 spiro atoms. The summed E-state index contributed by atoms with van der Waals surface area (Å²) in [4.78, 5) is 56.9. The second kappa shape index (κ2) is 16.2. The van der Waals surface area contributed by atoms with Crippen molar-refractivity contribution in [2.24, 2.45) is 10.4 Å². The summed E-state index contributed by atoms with van der Waals surface area (Å²) in [6, 6.07) is 6.94. The van der Waals surface area contributed by atoms with Crippen LogP contribution in [-0.2, 0) is 38.4 Å². The minimum atomic E-state index is -1.07. The second-order valence-electron chi connectivity index (χ2n) is 14.9. The van der Waals surface area contributed by atoms with Crippen molar-refractivity contribution in [2.45, 2.75) is 98.4 Å². The normalized spacial score (nSPS) is 16.2. The summed E-state index contributed by atoms with van der Waals surface area (Å²) in [5.41, 5.74) is 7.90. The van der Waals surface area contributed by atoms with Gasteiger partial charge in [-0.05, 0) is 83.6 Å². The van der Waals surface area contributed by atoms with Gasteiger partial charge in [0.2, 0.25) is 0 Å². The molecule has 4 aromatic rings. The number of thiazole rings is 1. The summed E-state index contributed by atoms with van der Waals surface area (Å²) in [5.74, 6) is -1.70. The zero-order valence-electron chi connectivity index (χ0n) is 31.6. The largest absolute Gasteiger partial charge is 0.480 e. The molecule has 2 atom stereocenters. The van der Waals surface area contributed by atoms with Gasteiger partial charge in [0.25, 0.3) is 5.91 Å². The highest BCUT2D eigenvalue weighted by Crippen LogP contribution is 2.40. The number of carbonyl (C=O) groups is 3. The molecule has 0 saturated carbocycles. The Hall–Kier alpha value is -4.57. The van der Waals surface area contributed by atoms with E-state index in [1.807, 2.05) is 50.4 Å². The number of pyridine rings is 2. The molecule has 0 aliphatic carbocycles. The van der Waals surface area contributed by atoms with Gasteiger partial charge in [-0.15, -0.1) is 11.3 Å². The Morgan fingerprint density at radius 1 is 1.13 bits per heavy atom. The molecule has 2 amide bonds. The van der Waals surface area contributed by atoms with E-state index in [9.17, 15) is 24.6 Å². The lowest BCUT2D eigenvalue weighted by Crippen LogP contribution is -2.56. The average Bonchev–Trinajstić information content (AvgIpc) is 3.71. The number of carboxylic acid groups (broad SMARTS) is 1. The molecule has 0 radical (unpaired) electrons. The van der Waals surface area contributed by atoms with Crippen LogP contribution in [0.3, 0.4) is 0 Å². The molecule has 53 heavy (non-hydrogen) atoms. The molecule has 15 heteroatoms. The Kier molecular flexibility index (Phi) is 12.1. The number of hydrogen-bond donors (Lipinski definition) is 3. The third-order valence-electron chi connectivity index (χ3n) is 8.97. The Balaban J connectivity index is 1.56. The monoisotopic (exact) mass is 747 g/mol. The third-order valence-corrected chi connectivity index (χ3v) is 9.82. The van der Waals surface area contributed by atoms with Crippen molar-refractivity contribution < 1.29 is 34.1 Å². The first-order chi connectivity index (χ1) is 25.1. The summed E-state index contributed by atoms with van der Waals surface area (Å²) in [7, 11) is 1.66. The van der Waals surface area contributed by atoms with Crippen molar-refractivity contribution in [2.75, 3.05) is 20.3 Å². The number of aryl methyl sites for hydroxylation is 1. The number of hydrogen-bond acceptors (Lipinski definition) is 11. The van der Waals surface area contributed by atoms with Gasteiger partial charge in [-0.2, -0.15) is 4.99 Å². The van der Waals surface area contributed by atoms with E-state index in [1.54, 1.807) is 34.1 Å². The van der Waals surface area contributed by atoms with E-state index in [0.29, 0.717) is 42.2 Å². The lowest BCUT2D eigenvalue weighted by Gasteiger charge is -2.32. The van der Waals surface area contributed by atoms with E-state index >= 15 is 0 Å². The predicted octanol–water partition coefficient (Wildman–Crippen LogP) is 6.01. The van der Waals surface area contributed by atoms with Crippen molar-refractivity contribution in [3.63, 3.8) is 0 Å². The zero-order valence-corrected chi connectivity index (χ0v) is 32.4. The molecule has 5 heterocycles. The van der Waals surface area contributed by atoms with Gasteiger partial charge in [-0.3, -0.25) is 19.6 Å². The topological polar surface area (TPSA) is 181 Å². The molecule has 1 saturated heterocycles. The van der Waals surface area contributed by atoms with Crippen molar-refractivity contribution in [3.05, 3.63) is 52.1 Å². The fraction of sp³-hybridized carbons (Fsp3) is 0.500. The molecule has 5 rings (SSSR count). The highest BCUT2D eigenvalue weighted by molar-refractivity contribution is 7.10. The van der Waals surface area contributed by atoms with Crippen molar-refractivity contribution >= 4 is 46.1 Å². The van der Waals surface area contributed by atoms with Gasteiger partial charge < -0.3 is 24.3 Å². The third kappa shape index (κ3) is 9.15. The van der Waals surface area contributed by atoms with Crippen LogP contribution < -0.4 is 5.43 Å². The molecular weight excluding hydrogens is 699 g/mol. The number of hydrazine groups is 1. The minimum Gasteiger partial charge on any atom is -0.480 e. The number of nitrogens with zero attached hydrogens (tertiary/aromatic N) is 6. The summed E-state index contributed by atoms with van der Waals surface area (Å²) < 4.78 is 13.3. The first kappa shape index (κ1) is 39.6. The minimum absolute atomic E-state index is 0.0233. The molecule has 14 nitrogen and oxygen atoms in total. The number of rotatable bonds is 12. The van der Waals surface area contributed by atoms with E-state index in [4.69, 9.17) is 24.4 Å². The number of aliphatic hydroxyl groups is 1. The van der Waals surface area contributed by atoms with Crippen molar-refractivity contribution in [3.8, 4) is 22.6 Å². The Labute approximate surface area is 313 Å². The maximum absolute atomic E-state index is 13.7. The van der Waals surface area contributed by atoms with E-state index in [1.165, 1.54) is 16.3 Å². The Morgan fingerprint density at radius 2 is 1.89 bits per heavy atom. The smallest absolute Gasteiger partial charge is 0.434 e. The number of aliphatic hydroxyl groups excluding tert-OH is 1. The van der Waals surface area contributed by atoms with Crippen LogP contribution in [0.25, 0.3) is 33.7 Å². The highest BCUT2D eigenvalue weighted by atomic mass is 32.1. The quantitative estimate of drug-likeness (QED) is 0.144. The lowest BCUT2D eigenvalue weighted by atomic mass is 9.85. The van der Waals surface area contributed by atoms with Crippen LogP contribution in [-0.4, -0.2) is 90.3 Å². The maximum Gasteiger partial charge on any atom is 0.434 e. The average molecular weight is 748 g/mol. The highest BCUT2D eigenvalue weighted by Gasteiger charge is 2.32. The van der Waals surface area contributed by atoms with Crippen LogP contribution in [0.4, 0.5) is 4.79 Å². The second-order valence-corrected chi connectivity index (χ2v) is 15.9. The number of fused-ring (bicyclic) bond motifs is 1. The Bertz CT molecular complexity index is 2010. The summed E-state index contributed by atoms with van der Waals surface area (Å²) in [6.45, 7) is 14.1. The molecule has 284 valence electrons. The molecule has 0 bridgehead atoms. The standard InChI is InChI=1S/C38H49N7O7S/c1-9-44-29-15-14-25(41-32(29)24(19-38(6,7)21-46)33(44)23-12-10-16-39-31(23)22(2)51-8)28-20-53-30(40-28)18-27(42-36(50)52-37(3,4)5)34(47)45-17-11-13-26(43-45)35(48)49/h10,12,14-16,20,22,26,43,46H,9,11,13,17-19,21H2,1-8H3,(H,48,49)/b42-27-/t22-,26-/m0/s1. The fourth-order valence-corrected chi connectivity index (χ4v) is 7.09. The van der Waals surface area contributed by atoms with Crippen LogP contribution in [0.2, 0.25) is 0 Å². The van der Waals surface area contributed by atoms with Crippen LogP contribution in [0.1, 0.15) is 83.7 Å². The SMILES string of the molecule is CCn1c(-c2cccnc2[C@H](C)OC)c(CC(C)(C)CO)c2nc(-c3csc(C/C(=N/C(=O)OC(C)(C)C)C(=O)N4CCC[C@@H](C(=O)O)N4)n3)ccc21. The van der Waals surface area contributed by atoms with Gasteiger partial charge in [-0.25, -0.2) is 20.2 Å². The van der Waals surface area contributed by atoms with E-state index in [-0.39, 0.29) is 31.4 Å². The van der Waals surface area contributed by atoms with Gasteiger partial charge in [0.15, 0.2) is 0 Å². The first-order valence-electron chi connectivity index (χ1n) is 17.7. The van der Waals surface area contributed by atoms with E-state index in [0.717, 1.165) is 33.5 Å². The fourth-order valence-electron chi connectivity index (χ4n) is 6.30. The molecular formula is C38H49N7O7S. The number of ether oxygens (including phenoxy) is 2. The van der Waals surface area contributed by atoms with Gasteiger partial charge in [0, 0.05) is 55.9 Å². The van der Waals surface area contributed by atoms with Crippen LogP contribution in [0.15, 0.2) is 40.8 Å².